The van der Waals surface area contributed by atoms with Gasteiger partial charge >= 0.3 is 5.51 Å². The Morgan fingerprint density at radius 3 is 2.23 bits per heavy atom. The van der Waals surface area contributed by atoms with E-state index in [1.807, 2.05) is 0 Å². The van der Waals surface area contributed by atoms with Crippen LogP contribution in [0.3, 0.4) is 0 Å². The Morgan fingerprint density at radius 2 is 1.92 bits per heavy atom. The molecule has 0 unspecified atom stereocenters. The molecule has 4 N–H and O–H groups in total. The number of nitrogens with two attached hydrogens (primary N) is 2. The van der Waals surface area contributed by atoms with Crippen molar-refractivity contribution in [2.45, 2.75) is 5.51 Å². The molecule has 0 radical (unpaired) electrons. The third-order valence-electron chi connectivity index (χ3n) is 0.729. The van der Waals surface area contributed by atoms with Crippen LogP contribution < -0.4 is 11.5 Å². The standard InChI is InChI=1S/C6H8F3N3S/c1-2-12-5(3-4(10)11)13-6(7,8)9/h2-3H,1,10-11H2/b12-5+. The van der Waals surface area contributed by atoms with Crippen molar-refractivity contribution in [3.63, 3.8) is 0 Å². The molecule has 74 valence electrons. The SMILES string of the molecule is C=C/N=C(\C=C(N)N)SC(F)(F)F. The fourth-order valence-electron chi connectivity index (χ4n) is 0.444. The van der Waals surface area contributed by atoms with E-state index < -0.39 is 17.3 Å². The summed E-state index contributed by atoms with van der Waals surface area (Å²) in [6.07, 6.45) is 1.90. The molecule has 3 nitrogen and oxygen atoms in total. The number of aliphatic imine (C=N–C) groups is 1. The van der Waals surface area contributed by atoms with Crippen LogP contribution in [0.5, 0.6) is 0 Å². The molecule has 0 fully saturated rings. The first kappa shape index (κ1) is 11.9. The van der Waals surface area contributed by atoms with Crippen LogP contribution in [0.2, 0.25) is 0 Å². The van der Waals surface area contributed by atoms with Crippen LogP contribution in [0.4, 0.5) is 13.2 Å². The van der Waals surface area contributed by atoms with Crippen molar-refractivity contribution in [2.75, 3.05) is 0 Å². The zero-order chi connectivity index (χ0) is 10.5. The van der Waals surface area contributed by atoms with Gasteiger partial charge in [-0.25, -0.2) is 0 Å². The van der Waals surface area contributed by atoms with E-state index in [4.69, 9.17) is 11.5 Å². The van der Waals surface area contributed by atoms with Crippen LogP contribution in [0.1, 0.15) is 0 Å². The van der Waals surface area contributed by atoms with Gasteiger partial charge in [-0.15, -0.1) is 0 Å². The first-order chi connectivity index (χ1) is 5.85. The highest BCUT2D eigenvalue weighted by Gasteiger charge is 2.30. The highest BCUT2D eigenvalue weighted by molar-refractivity contribution is 8.15. The van der Waals surface area contributed by atoms with E-state index in [1.54, 1.807) is 0 Å². The predicted molar refractivity (Wildman–Crippen MR) is 47.7 cm³/mol. The summed E-state index contributed by atoms with van der Waals surface area (Å²) in [5.74, 6) is -0.239. The van der Waals surface area contributed by atoms with Crippen molar-refractivity contribution in [3.8, 4) is 0 Å². The molecule has 0 amide bonds. The lowest BCUT2D eigenvalue weighted by Crippen LogP contribution is -2.12. The molecule has 0 saturated heterocycles. The largest absolute Gasteiger partial charge is 0.447 e. The van der Waals surface area contributed by atoms with E-state index in [0.29, 0.717) is 0 Å². The molecular formula is C6H8F3N3S. The van der Waals surface area contributed by atoms with Gasteiger partial charge in [0, 0.05) is 24.0 Å². The van der Waals surface area contributed by atoms with E-state index >= 15 is 0 Å². The van der Waals surface area contributed by atoms with Gasteiger partial charge in [-0.05, 0) is 0 Å². The van der Waals surface area contributed by atoms with Gasteiger partial charge in [0.25, 0.3) is 0 Å². The molecule has 0 bridgehead atoms. The van der Waals surface area contributed by atoms with Gasteiger partial charge in [0.05, 0.1) is 5.82 Å². The summed E-state index contributed by atoms with van der Waals surface area (Å²) in [6, 6.07) is 0. The summed E-state index contributed by atoms with van der Waals surface area (Å²) in [6.45, 7) is 3.16. The van der Waals surface area contributed by atoms with Crippen molar-refractivity contribution >= 4 is 16.8 Å². The average molecular weight is 211 g/mol. The Morgan fingerprint density at radius 1 is 1.38 bits per heavy atom. The Balaban J connectivity index is 4.56. The number of halogens is 3. The summed E-state index contributed by atoms with van der Waals surface area (Å²) in [5, 5.41) is -0.345. The van der Waals surface area contributed by atoms with Crippen LogP contribution in [0, 0.1) is 0 Å². The van der Waals surface area contributed by atoms with Crippen molar-refractivity contribution in [3.05, 3.63) is 24.7 Å². The molecule has 0 spiro atoms. The molecule has 0 aliphatic heterocycles. The Bertz CT molecular complexity index is 240. The molecule has 13 heavy (non-hydrogen) atoms. The van der Waals surface area contributed by atoms with Gasteiger partial charge in [0.15, 0.2) is 0 Å². The zero-order valence-corrected chi connectivity index (χ0v) is 7.32. The molecule has 0 aliphatic carbocycles. The van der Waals surface area contributed by atoms with Crippen molar-refractivity contribution < 1.29 is 13.2 Å². The van der Waals surface area contributed by atoms with Crippen LogP contribution >= 0.6 is 11.8 Å². The molecule has 0 atom stereocenters. The maximum Gasteiger partial charge on any atom is 0.447 e. The third-order valence-corrected chi connectivity index (χ3v) is 1.39. The lowest BCUT2D eigenvalue weighted by molar-refractivity contribution is -0.0315. The van der Waals surface area contributed by atoms with Crippen molar-refractivity contribution in [2.24, 2.45) is 16.5 Å². The molecule has 0 saturated carbocycles. The van der Waals surface area contributed by atoms with Gasteiger partial charge in [0.1, 0.15) is 5.04 Å². The first-order valence-corrected chi connectivity index (χ1v) is 3.84. The summed E-state index contributed by atoms with van der Waals surface area (Å²) in [4.78, 5) is 3.34. The van der Waals surface area contributed by atoms with E-state index in [-0.39, 0.29) is 10.9 Å². The topological polar surface area (TPSA) is 64.4 Å². The summed E-state index contributed by atoms with van der Waals surface area (Å²) in [5.41, 5.74) is 5.56. The van der Waals surface area contributed by atoms with Crippen LogP contribution in [-0.4, -0.2) is 10.6 Å². The molecule has 0 rings (SSSR count). The van der Waals surface area contributed by atoms with Crippen LogP contribution in [-0.2, 0) is 0 Å². The van der Waals surface area contributed by atoms with Crippen LogP contribution in [0.25, 0.3) is 0 Å². The van der Waals surface area contributed by atoms with Gasteiger partial charge in [-0.2, -0.15) is 13.2 Å². The smallest absolute Gasteiger partial charge is 0.386 e. The average Bonchev–Trinajstić information content (AvgIpc) is 1.81. The molecule has 0 aliphatic rings. The van der Waals surface area contributed by atoms with Gasteiger partial charge < -0.3 is 11.5 Å². The Kier molecular flexibility index (Phi) is 4.39. The second-order valence-electron chi connectivity index (χ2n) is 1.84. The van der Waals surface area contributed by atoms with Gasteiger partial charge in [-0.1, -0.05) is 6.58 Å². The summed E-state index contributed by atoms with van der Waals surface area (Å²) >= 11 is -0.403. The Labute approximate surface area is 77.4 Å². The minimum atomic E-state index is -4.41. The van der Waals surface area contributed by atoms with E-state index in [0.717, 1.165) is 12.3 Å². The number of nitrogens with zero attached hydrogens (tertiary/aromatic N) is 1. The monoisotopic (exact) mass is 211 g/mol. The molecule has 0 aromatic rings. The maximum atomic E-state index is 11.8. The number of rotatable bonds is 2. The van der Waals surface area contributed by atoms with Crippen molar-refractivity contribution in [1.29, 1.82) is 0 Å². The van der Waals surface area contributed by atoms with E-state index in [2.05, 4.69) is 11.6 Å². The number of hydrogen-bond acceptors (Lipinski definition) is 4. The second kappa shape index (κ2) is 4.80. The fraction of sp³-hybridized carbons (Fsp3) is 0.167. The molecule has 0 heterocycles. The van der Waals surface area contributed by atoms with Gasteiger partial charge in [0.2, 0.25) is 0 Å². The third kappa shape index (κ3) is 7.26. The first-order valence-electron chi connectivity index (χ1n) is 3.02. The minimum absolute atomic E-state index is 0.239. The minimum Gasteiger partial charge on any atom is -0.386 e. The number of alkyl halides is 3. The van der Waals surface area contributed by atoms with E-state index in [1.165, 1.54) is 0 Å². The molecular weight excluding hydrogens is 203 g/mol. The van der Waals surface area contributed by atoms with Crippen molar-refractivity contribution in [1.82, 2.24) is 0 Å². The lowest BCUT2D eigenvalue weighted by Gasteiger charge is -2.04. The lowest BCUT2D eigenvalue weighted by atomic mass is 10.6. The molecule has 0 aromatic carbocycles. The Hall–Kier alpha value is -1.11. The van der Waals surface area contributed by atoms with Gasteiger partial charge in [-0.3, -0.25) is 4.99 Å². The van der Waals surface area contributed by atoms with E-state index in [9.17, 15) is 13.2 Å². The van der Waals surface area contributed by atoms with Crippen LogP contribution in [0.15, 0.2) is 29.7 Å². The highest BCUT2D eigenvalue weighted by atomic mass is 32.2. The molecule has 0 aromatic heterocycles. The fourth-order valence-corrected chi connectivity index (χ4v) is 1.00. The maximum absolute atomic E-state index is 11.8. The quantitative estimate of drug-likeness (QED) is 0.538. The number of thioether (sulfide) groups is 1. The second-order valence-corrected chi connectivity index (χ2v) is 2.93. The normalized spacial score (nSPS) is 12.4. The highest BCUT2D eigenvalue weighted by Crippen LogP contribution is 2.31. The predicted octanol–water partition coefficient (Wildman–Crippen LogP) is 1.54. The summed E-state index contributed by atoms with van der Waals surface area (Å²) < 4.78 is 35.4. The zero-order valence-electron chi connectivity index (χ0n) is 6.51. The number of hydrogen-bond donors (Lipinski definition) is 2. The summed E-state index contributed by atoms with van der Waals surface area (Å²) in [7, 11) is 0. The molecule has 7 heteroatoms.